The number of thioether (sulfide) groups is 1. The number of hydrogen-bond acceptors (Lipinski definition) is 3. The number of nitrogens with one attached hydrogen (secondary N) is 1. The van der Waals surface area contributed by atoms with E-state index in [1.165, 1.54) is 0 Å². The fourth-order valence-electron chi connectivity index (χ4n) is 1.47. The number of benzene rings is 1. The summed E-state index contributed by atoms with van der Waals surface area (Å²) >= 11 is 1.64. The Balaban J connectivity index is 2.74. The fourth-order valence-corrected chi connectivity index (χ4v) is 2.57. The van der Waals surface area contributed by atoms with Crippen molar-refractivity contribution in [3.63, 3.8) is 0 Å². The predicted molar refractivity (Wildman–Crippen MR) is 84.9 cm³/mol. The molecule has 1 unspecified atom stereocenters. The zero-order valence-corrected chi connectivity index (χ0v) is 14.0. The molecular weight excluding hydrogens is 270 g/mol. The van der Waals surface area contributed by atoms with Gasteiger partial charge in [-0.25, -0.2) is 4.79 Å². The lowest BCUT2D eigenvalue weighted by Gasteiger charge is -2.31. The Labute approximate surface area is 126 Å². The zero-order chi connectivity index (χ0) is 15.4. The van der Waals surface area contributed by atoms with Crippen LogP contribution in [0.5, 0.6) is 0 Å². The Morgan fingerprint density at radius 3 is 2.10 bits per heavy atom. The van der Waals surface area contributed by atoms with Crippen LogP contribution in [0.15, 0.2) is 35.2 Å². The van der Waals surface area contributed by atoms with E-state index in [4.69, 9.17) is 4.74 Å². The van der Waals surface area contributed by atoms with Crippen LogP contribution in [-0.4, -0.2) is 17.1 Å². The van der Waals surface area contributed by atoms with E-state index in [1.807, 2.05) is 51.1 Å². The molecule has 0 heterocycles. The van der Waals surface area contributed by atoms with Crippen LogP contribution in [0.3, 0.4) is 0 Å². The van der Waals surface area contributed by atoms with E-state index in [-0.39, 0.29) is 16.9 Å². The van der Waals surface area contributed by atoms with Gasteiger partial charge in [-0.05, 0) is 38.3 Å². The van der Waals surface area contributed by atoms with E-state index in [1.54, 1.807) is 11.8 Å². The maximum atomic E-state index is 12.0. The molecule has 20 heavy (non-hydrogen) atoms. The van der Waals surface area contributed by atoms with Crippen molar-refractivity contribution in [3.8, 4) is 0 Å². The minimum Gasteiger partial charge on any atom is -0.444 e. The Bertz CT molecular complexity index is 432. The molecule has 1 amide bonds. The lowest BCUT2D eigenvalue weighted by Crippen LogP contribution is -2.43. The summed E-state index contributed by atoms with van der Waals surface area (Å²) in [6.07, 6.45) is -0.374. The van der Waals surface area contributed by atoms with Gasteiger partial charge in [0.2, 0.25) is 0 Å². The molecule has 1 N–H and O–H groups in total. The highest BCUT2D eigenvalue weighted by Crippen LogP contribution is 2.33. The largest absolute Gasteiger partial charge is 0.444 e. The first-order valence-corrected chi connectivity index (χ1v) is 7.67. The fraction of sp³-hybridized carbons (Fsp3) is 0.562. The molecule has 0 saturated heterocycles. The van der Waals surface area contributed by atoms with Gasteiger partial charge in [-0.3, -0.25) is 0 Å². The van der Waals surface area contributed by atoms with Gasteiger partial charge >= 0.3 is 6.09 Å². The standard InChI is InChI=1S/C16H25NO2S/c1-15(2,3)13(17-14(18)19-16(4,5)6)20-12-10-8-7-9-11-12/h7-11,13H,1-6H3,(H,17,18). The van der Waals surface area contributed by atoms with Gasteiger partial charge in [0.15, 0.2) is 0 Å². The molecular formula is C16H25NO2S. The average Bonchev–Trinajstić information content (AvgIpc) is 2.25. The first-order chi connectivity index (χ1) is 9.08. The van der Waals surface area contributed by atoms with Gasteiger partial charge in [0, 0.05) is 4.90 Å². The molecule has 0 radical (unpaired) electrons. The second kappa shape index (κ2) is 6.53. The van der Waals surface area contributed by atoms with E-state index in [0.717, 1.165) is 4.90 Å². The van der Waals surface area contributed by atoms with Crippen molar-refractivity contribution in [2.75, 3.05) is 0 Å². The number of alkyl carbamates (subject to hydrolysis) is 1. The summed E-state index contributed by atoms with van der Waals surface area (Å²) in [4.78, 5) is 13.1. The van der Waals surface area contributed by atoms with Crippen LogP contribution in [0.25, 0.3) is 0 Å². The molecule has 0 aliphatic rings. The van der Waals surface area contributed by atoms with E-state index in [2.05, 4.69) is 26.1 Å². The average molecular weight is 295 g/mol. The summed E-state index contributed by atoms with van der Waals surface area (Å²) in [6.45, 7) is 11.9. The normalized spacial score (nSPS) is 13.7. The minimum atomic E-state index is -0.482. The third-order valence-corrected chi connectivity index (χ3v) is 4.04. The van der Waals surface area contributed by atoms with Crippen LogP contribution in [0.2, 0.25) is 0 Å². The van der Waals surface area contributed by atoms with Gasteiger partial charge in [0.05, 0.1) is 5.37 Å². The number of carbonyl (C=O) groups excluding carboxylic acids is 1. The molecule has 3 nitrogen and oxygen atoms in total. The monoisotopic (exact) mass is 295 g/mol. The Morgan fingerprint density at radius 2 is 1.65 bits per heavy atom. The van der Waals surface area contributed by atoms with Crippen molar-refractivity contribution in [2.24, 2.45) is 5.41 Å². The molecule has 4 heteroatoms. The van der Waals surface area contributed by atoms with Crippen LogP contribution in [0, 0.1) is 5.41 Å². The van der Waals surface area contributed by atoms with Crippen molar-refractivity contribution in [2.45, 2.75) is 57.4 Å². The van der Waals surface area contributed by atoms with Gasteiger partial charge in [0.25, 0.3) is 0 Å². The molecule has 0 saturated carbocycles. The summed E-state index contributed by atoms with van der Waals surface area (Å²) in [6, 6.07) is 10.1. The lowest BCUT2D eigenvalue weighted by molar-refractivity contribution is 0.0498. The highest BCUT2D eigenvalue weighted by molar-refractivity contribution is 8.00. The molecule has 1 aromatic carbocycles. The molecule has 0 aliphatic heterocycles. The summed E-state index contributed by atoms with van der Waals surface area (Å²) in [5.74, 6) is 0. The van der Waals surface area contributed by atoms with Crippen LogP contribution < -0.4 is 5.32 Å². The highest BCUT2D eigenvalue weighted by Gasteiger charge is 2.29. The van der Waals surface area contributed by atoms with E-state index in [9.17, 15) is 4.79 Å². The van der Waals surface area contributed by atoms with Crippen LogP contribution in [-0.2, 0) is 4.74 Å². The molecule has 0 spiro atoms. The quantitative estimate of drug-likeness (QED) is 0.650. The van der Waals surface area contributed by atoms with Gasteiger partial charge in [-0.2, -0.15) is 0 Å². The summed E-state index contributed by atoms with van der Waals surface area (Å²) in [7, 11) is 0. The molecule has 0 aromatic heterocycles. The number of hydrogen-bond donors (Lipinski definition) is 1. The van der Waals surface area contributed by atoms with Crippen LogP contribution in [0.4, 0.5) is 4.79 Å². The summed E-state index contributed by atoms with van der Waals surface area (Å²) < 4.78 is 5.34. The van der Waals surface area contributed by atoms with Gasteiger partial charge < -0.3 is 10.1 Å². The topological polar surface area (TPSA) is 38.3 Å². The van der Waals surface area contributed by atoms with Crippen molar-refractivity contribution in [1.82, 2.24) is 5.32 Å². The Hall–Kier alpha value is -1.16. The van der Waals surface area contributed by atoms with Crippen molar-refractivity contribution >= 4 is 17.9 Å². The van der Waals surface area contributed by atoms with Crippen molar-refractivity contribution < 1.29 is 9.53 Å². The molecule has 0 bridgehead atoms. The third-order valence-electron chi connectivity index (χ3n) is 2.43. The molecule has 1 aromatic rings. The lowest BCUT2D eigenvalue weighted by atomic mass is 9.96. The Morgan fingerprint density at radius 1 is 1.10 bits per heavy atom. The third kappa shape index (κ3) is 6.33. The summed E-state index contributed by atoms with van der Waals surface area (Å²) in [5.41, 5.74) is -0.554. The van der Waals surface area contributed by atoms with Gasteiger partial charge in [-0.15, -0.1) is 11.8 Å². The first kappa shape index (κ1) is 16.9. The molecule has 112 valence electrons. The van der Waals surface area contributed by atoms with Gasteiger partial charge in [0.1, 0.15) is 5.60 Å². The second-order valence-electron chi connectivity index (χ2n) is 6.82. The number of amides is 1. The summed E-state index contributed by atoms with van der Waals surface area (Å²) in [5, 5.41) is 2.91. The minimum absolute atomic E-state index is 0.0558. The Kier molecular flexibility index (Phi) is 5.51. The molecule has 0 aliphatic carbocycles. The van der Waals surface area contributed by atoms with E-state index >= 15 is 0 Å². The van der Waals surface area contributed by atoms with Gasteiger partial charge in [-0.1, -0.05) is 39.0 Å². The number of carbonyl (C=O) groups is 1. The van der Waals surface area contributed by atoms with Crippen LogP contribution in [0.1, 0.15) is 41.5 Å². The van der Waals surface area contributed by atoms with E-state index < -0.39 is 5.60 Å². The second-order valence-corrected chi connectivity index (χ2v) is 8.00. The van der Waals surface area contributed by atoms with Crippen LogP contribution >= 0.6 is 11.8 Å². The maximum absolute atomic E-state index is 12.0. The molecule has 0 fully saturated rings. The molecule has 1 rings (SSSR count). The number of rotatable bonds is 3. The first-order valence-electron chi connectivity index (χ1n) is 6.79. The maximum Gasteiger partial charge on any atom is 0.408 e. The van der Waals surface area contributed by atoms with Crippen molar-refractivity contribution in [1.29, 1.82) is 0 Å². The smallest absolute Gasteiger partial charge is 0.408 e. The van der Waals surface area contributed by atoms with Crippen molar-refractivity contribution in [3.05, 3.63) is 30.3 Å². The molecule has 1 atom stereocenters. The SMILES string of the molecule is CC(C)(C)OC(=O)NC(Sc1ccccc1)C(C)(C)C. The zero-order valence-electron chi connectivity index (χ0n) is 13.2. The predicted octanol–water partition coefficient (Wildman–Crippen LogP) is 4.68. The highest BCUT2D eigenvalue weighted by atomic mass is 32.2. The number of ether oxygens (including phenoxy) is 1. The van der Waals surface area contributed by atoms with E-state index in [0.29, 0.717) is 0 Å².